The van der Waals surface area contributed by atoms with Gasteiger partial charge in [0.05, 0.1) is 17.8 Å². The number of carbonyl (C=O) groups excluding carboxylic acids is 3. The van der Waals surface area contributed by atoms with Crippen LogP contribution in [-0.2, 0) is 39.8 Å². The van der Waals surface area contributed by atoms with E-state index < -0.39 is 71.7 Å². The lowest BCUT2D eigenvalue weighted by Crippen LogP contribution is -2.60. The number of amides is 1. The zero-order valence-corrected chi connectivity index (χ0v) is 32.0. The molecule has 0 bridgehead atoms. The van der Waals surface area contributed by atoms with E-state index in [1.807, 2.05) is 53.6 Å². The molecule has 51 heavy (non-hydrogen) atoms. The fourth-order valence-corrected chi connectivity index (χ4v) is 8.27. The number of fused-ring (bicyclic) bond motifs is 1. The van der Waals surface area contributed by atoms with Crippen LogP contribution in [0, 0.1) is 17.8 Å². The van der Waals surface area contributed by atoms with E-state index in [-0.39, 0.29) is 36.6 Å². The summed E-state index contributed by atoms with van der Waals surface area (Å²) in [7, 11) is 5.36. The van der Waals surface area contributed by atoms with Gasteiger partial charge < -0.3 is 38.8 Å². The zero-order chi connectivity index (χ0) is 38.0. The Hall–Kier alpha value is -3.07. The molecule has 0 saturated carbocycles. The maximum atomic E-state index is 14.5. The summed E-state index contributed by atoms with van der Waals surface area (Å²) < 4.78 is 31.2. The van der Waals surface area contributed by atoms with Crippen molar-refractivity contribution in [1.82, 2.24) is 15.3 Å². The third-order valence-corrected chi connectivity index (χ3v) is 11.1. The van der Waals surface area contributed by atoms with Crippen LogP contribution in [0.1, 0.15) is 80.2 Å². The van der Waals surface area contributed by atoms with Crippen molar-refractivity contribution in [3.8, 4) is 5.75 Å². The Morgan fingerprint density at radius 2 is 1.76 bits per heavy atom. The number of benzene rings is 1. The van der Waals surface area contributed by atoms with Crippen LogP contribution in [0.25, 0.3) is 0 Å². The van der Waals surface area contributed by atoms with E-state index in [0.29, 0.717) is 24.0 Å². The molecule has 0 aromatic heterocycles. The summed E-state index contributed by atoms with van der Waals surface area (Å²) in [4.78, 5) is 43.9. The number of Topliss-reactive ketones (excluding diaryl/α,β-unsaturated/α-hetero) is 1. The third-order valence-electron chi connectivity index (χ3n) is 11.1. The summed E-state index contributed by atoms with van der Waals surface area (Å²) in [6, 6.07) is 5.64. The molecule has 2 saturated heterocycles. The zero-order valence-electron chi connectivity index (χ0n) is 32.0. The maximum absolute atomic E-state index is 14.5. The number of likely N-dealkylation sites (N-methyl/N-ethyl adjacent to an activating group) is 1. The van der Waals surface area contributed by atoms with Crippen molar-refractivity contribution in [3.05, 3.63) is 41.5 Å². The molecule has 0 spiro atoms. The number of hydrazine groups is 1. The number of nitrogens with one attached hydrogen (secondary N) is 1. The number of phenolic OH excluding ortho intramolecular Hbond substituents is 1. The Morgan fingerprint density at radius 1 is 1.10 bits per heavy atom. The molecule has 1 amide bonds. The molecule has 286 valence electrons. The second kappa shape index (κ2) is 16.3. The molecular weight excluding hydrogens is 658 g/mol. The lowest BCUT2D eigenvalue weighted by Gasteiger charge is -2.46. The van der Waals surface area contributed by atoms with Gasteiger partial charge in [-0.05, 0) is 67.1 Å². The Bertz CT molecular complexity index is 1440. The van der Waals surface area contributed by atoms with Gasteiger partial charge in [-0.25, -0.2) is 20.0 Å². The first kappa shape index (κ1) is 40.7. The Kier molecular flexibility index (Phi) is 13.0. The molecule has 3 aliphatic heterocycles. The smallest absolute Gasteiger partial charge is 0.425 e. The maximum Gasteiger partial charge on any atom is 0.425 e. The first-order valence-corrected chi connectivity index (χ1v) is 18.0. The third kappa shape index (κ3) is 8.44. The molecular formula is C38H59N3O10. The summed E-state index contributed by atoms with van der Waals surface area (Å²) in [6.45, 7) is 14.5. The second-order valence-electron chi connectivity index (χ2n) is 15.3. The molecule has 0 unspecified atom stereocenters. The lowest BCUT2D eigenvalue weighted by molar-refractivity contribution is -0.294. The minimum atomic E-state index is -1.41. The molecule has 13 nitrogen and oxygen atoms in total. The van der Waals surface area contributed by atoms with Gasteiger partial charge in [-0.2, -0.15) is 0 Å². The molecule has 13 heteroatoms. The highest BCUT2D eigenvalue weighted by Gasteiger charge is 2.60. The number of nitrogens with zero attached hydrogens (tertiary/aromatic N) is 2. The van der Waals surface area contributed by atoms with Crippen LogP contribution in [0.2, 0.25) is 0 Å². The van der Waals surface area contributed by atoms with Crippen LogP contribution >= 0.6 is 0 Å². The van der Waals surface area contributed by atoms with Crippen molar-refractivity contribution in [2.24, 2.45) is 17.8 Å². The SMILES string of the molecule is CC[C@H]1OC(=O)/C(C)=C/[C@H](C)[C@@H](O[C@@H]2O[C@H](C)C[C@H](N(C)C)[C@H]2O)[C@@](C)(OC)C[C@@H](C)C(=O)[C@H](C)[C@H]2N(NCc3ccccc3O)C(=O)O[C@]12C. The quantitative estimate of drug-likeness (QED) is 0.328. The minimum absolute atomic E-state index is 0.0504. The summed E-state index contributed by atoms with van der Waals surface area (Å²) in [5, 5.41) is 23.1. The first-order valence-electron chi connectivity index (χ1n) is 18.0. The number of aromatic hydroxyl groups is 1. The molecule has 3 N–H and O–H groups in total. The molecule has 0 aliphatic carbocycles. The van der Waals surface area contributed by atoms with Gasteiger partial charge in [0.1, 0.15) is 29.8 Å². The van der Waals surface area contributed by atoms with Crippen LogP contribution in [0.4, 0.5) is 4.79 Å². The van der Waals surface area contributed by atoms with Crippen molar-refractivity contribution in [3.63, 3.8) is 0 Å². The van der Waals surface area contributed by atoms with Gasteiger partial charge >= 0.3 is 12.1 Å². The number of hydrogen-bond acceptors (Lipinski definition) is 12. The number of aliphatic hydroxyl groups is 1. The van der Waals surface area contributed by atoms with E-state index in [0.717, 1.165) is 0 Å². The number of phenols is 1. The standard InChI is InChI=1S/C38H59N3O10/c1-12-29-38(8)32(41(36(46)51-38)39-20-26-15-13-14-16-28(26)42)25(6)30(43)23(4)19-37(7,47-11)33(21(2)17-22(3)34(45)49-29)50-35-31(44)27(40(9)10)18-24(5)48-35/h13-17,21,23-25,27,29,31-33,35,39,42,44H,12,18-20H2,1-11H3/b22-17+/t21-,23+,24+,25-,27-,29+,31+,32+,33+,35-,37-,38+/m0/s1. The van der Waals surface area contributed by atoms with Crippen molar-refractivity contribution >= 4 is 17.8 Å². The molecule has 1 aromatic carbocycles. The predicted octanol–water partition coefficient (Wildman–Crippen LogP) is 4.34. The summed E-state index contributed by atoms with van der Waals surface area (Å²) >= 11 is 0. The molecule has 1 aromatic rings. The van der Waals surface area contributed by atoms with Crippen LogP contribution in [0.15, 0.2) is 35.9 Å². The monoisotopic (exact) mass is 717 g/mol. The molecule has 12 atom stereocenters. The largest absolute Gasteiger partial charge is 0.508 e. The van der Waals surface area contributed by atoms with Gasteiger partial charge in [-0.3, -0.25) is 4.79 Å². The minimum Gasteiger partial charge on any atom is -0.508 e. The normalized spacial score (nSPS) is 39.5. The number of aliphatic hydroxyl groups excluding tert-OH is 1. The number of ketones is 1. The van der Waals surface area contributed by atoms with Gasteiger partial charge in [-0.15, -0.1) is 0 Å². The molecule has 3 heterocycles. The number of esters is 1. The van der Waals surface area contributed by atoms with Crippen molar-refractivity contribution in [1.29, 1.82) is 0 Å². The number of methoxy groups -OCH3 is 1. The fraction of sp³-hybridized carbons (Fsp3) is 0.711. The Labute approximate surface area is 302 Å². The highest BCUT2D eigenvalue weighted by atomic mass is 16.7. The molecule has 2 fully saturated rings. The van der Waals surface area contributed by atoms with Crippen molar-refractivity contribution < 1.29 is 48.3 Å². The topological polar surface area (TPSA) is 156 Å². The highest BCUT2D eigenvalue weighted by molar-refractivity contribution is 5.88. The van der Waals surface area contributed by atoms with E-state index in [4.69, 9.17) is 23.7 Å². The first-order chi connectivity index (χ1) is 23.9. The number of cyclic esters (lactones) is 1. The number of para-hydroxylation sites is 1. The highest BCUT2D eigenvalue weighted by Crippen LogP contribution is 2.42. The number of rotatable bonds is 8. The van der Waals surface area contributed by atoms with Gasteiger partial charge in [0, 0.05) is 48.6 Å². The average Bonchev–Trinajstić information content (AvgIpc) is 3.34. The number of carbonyl (C=O) groups is 3. The van der Waals surface area contributed by atoms with E-state index in [2.05, 4.69) is 5.43 Å². The van der Waals surface area contributed by atoms with Crippen molar-refractivity contribution in [2.45, 2.75) is 135 Å². The summed E-state index contributed by atoms with van der Waals surface area (Å²) in [5.74, 6) is -2.57. The van der Waals surface area contributed by atoms with Gasteiger partial charge in [0.15, 0.2) is 11.9 Å². The second-order valence-corrected chi connectivity index (χ2v) is 15.3. The van der Waals surface area contributed by atoms with Gasteiger partial charge in [0.2, 0.25) is 0 Å². The number of ether oxygens (including phenoxy) is 5. The van der Waals surface area contributed by atoms with E-state index in [9.17, 15) is 24.6 Å². The Balaban J connectivity index is 1.77. The lowest BCUT2D eigenvalue weighted by atomic mass is 9.74. The molecule has 4 rings (SSSR count). The van der Waals surface area contributed by atoms with E-state index >= 15 is 0 Å². The van der Waals surface area contributed by atoms with Gasteiger partial charge in [-0.1, -0.05) is 52.0 Å². The summed E-state index contributed by atoms with van der Waals surface area (Å²) in [6.07, 6.45) is -1.68. The van der Waals surface area contributed by atoms with E-state index in [1.54, 1.807) is 58.2 Å². The van der Waals surface area contributed by atoms with Crippen LogP contribution in [0.3, 0.4) is 0 Å². The van der Waals surface area contributed by atoms with Gasteiger partial charge in [0.25, 0.3) is 0 Å². The molecule has 0 radical (unpaired) electrons. The van der Waals surface area contributed by atoms with Crippen LogP contribution < -0.4 is 5.43 Å². The predicted molar refractivity (Wildman–Crippen MR) is 189 cm³/mol. The summed E-state index contributed by atoms with van der Waals surface area (Å²) in [5.41, 5.74) is 1.43. The Morgan fingerprint density at radius 3 is 2.37 bits per heavy atom. The number of hydrogen-bond donors (Lipinski definition) is 3. The van der Waals surface area contributed by atoms with Crippen molar-refractivity contribution in [2.75, 3.05) is 21.2 Å². The van der Waals surface area contributed by atoms with Crippen LogP contribution in [0.5, 0.6) is 5.75 Å². The molecule has 3 aliphatic rings. The fourth-order valence-electron chi connectivity index (χ4n) is 8.27. The van der Waals surface area contributed by atoms with Crippen LogP contribution in [-0.4, -0.2) is 113 Å². The van der Waals surface area contributed by atoms with E-state index in [1.165, 1.54) is 5.01 Å². The average molecular weight is 718 g/mol.